The standard InChI is InChI=1S/C19H29BN2S/c1-6-9-14-20(5)22-17(11-7-2)18-15(4)12-10-13-16(18)21-19(22)23-8-3/h10-13H,6-9,14H2,1-5H3/b17-11+. The topological polar surface area (TPSA) is 15.6 Å². The van der Waals surface area contributed by atoms with E-state index in [0.717, 1.165) is 23.0 Å². The van der Waals surface area contributed by atoms with Crippen LogP contribution in [0.5, 0.6) is 0 Å². The lowest BCUT2D eigenvalue weighted by Crippen LogP contribution is -2.40. The normalized spacial score (nSPS) is 15.6. The number of thioether (sulfide) groups is 1. The first-order chi connectivity index (χ1) is 11.1. The van der Waals surface area contributed by atoms with Gasteiger partial charge >= 0.3 is 0 Å². The van der Waals surface area contributed by atoms with Gasteiger partial charge in [-0.2, -0.15) is 0 Å². The van der Waals surface area contributed by atoms with Crippen molar-refractivity contribution in [2.45, 2.75) is 60.1 Å². The van der Waals surface area contributed by atoms with E-state index in [-0.39, 0.29) is 0 Å². The summed E-state index contributed by atoms with van der Waals surface area (Å²) in [6.07, 6.45) is 7.14. The Morgan fingerprint density at radius 2 is 2.04 bits per heavy atom. The fraction of sp³-hybridized carbons (Fsp3) is 0.526. The van der Waals surface area contributed by atoms with Crippen molar-refractivity contribution < 1.29 is 0 Å². The molecule has 1 aliphatic heterocycles. The largest absolute Gasteiger partial charge is 0.366 e. The molecule has 1 aromatic carbocycles. The Labute approximate surface area is 146 Å². The first-order valence-corrected chi connectivity index (χ1v) is 9.93. The van der Waals surface area contributed by atoms with Gasteiger partial charge in [0.15, 0.2) is 5.17 Å². The van der Waals surface area contributed by atoms with Gasteiger partial charge in [0.25, 0.3) is 6.85 Å². The van der Waals surface area contributed by atoms with Gasteiger partial charge < -0.3 is 4.81 Å². The minimum absolute atomic E-state index is 0.485. The molecule has 0 spiro atoms. The molecule has 2 nitrogen and oxygen atoms in total. The highest BCUT2D eigenvalue weighted by atomic mass is 32.2. The quantitative estimate of drug-likeness (QED) is 0.576. The van der Waals surface area contributed by atoms with Crippen LogP contribution in [0.2, 0.25) is 13.1 Å². The van der Waals surface area contributed by atoms with Gasteiger partial charge in [0, 0.05) is 11.3 Å². The second kappa shape index (κ2) is 8.63. The molecule has 1 aromatic rings. The van der Waals surface area contributed by atoms with Crippen molar-refractivity contribution in [3.05, 3.63) is 35.4 Å². The number of aliphatic imine (C=N–C) groups is 1. The summed E-state index contributed by atoms with van der Waals surface area (Å²) in [5.74, 6) is 1.05. The van der Waals surface area contributed by atoms with E-state index in [2.05, 4.69) is 63.6 Å². The maximum Gasteiger partial charge on any atom is 0.259 e. The first kappa shape index (κ1) is 18.2. The lowest BCUT2D eigenvalue weighted by molar-refractivity contribution is 0.814. The molecular weight excluding hydrogens is 299 g/mol. The highest BCUT2D eigenvalue weighted by molar-refractivity contribution is 8.13. The van der Waals surface area contributed by atoms with Crippen LogP contribution in [0.3, 0.4) is 0 Å². The van der Waals surface area contributed by atoms with Gasteiger partial charge in [-0.25, -0.2) is 4.99 Å². The molecule has 124 valence electrons. The molecule has 1 heterocycles. The number of fused-ring (bicyclic) bond motifs is 1. The number of hydrogen-bond donors (Lipinski definition) is 0. The number of allylic oxidation sites excluding steroid dienone is 1. The number of hydrogen-bond acceptors (Lipinski definition) is 3. The minimum atomic E-state index is 0.485. The summed E-state index contributed by atoms with van der Waals surface area (Å²) in [6, 6.07) is 6.46. The van der Waals surface area contributed by atoms with Crippen LogP contribution in [-0.4, -0.2) is 22.6 Å². The molecular formula is C19H29BN2S. The summed E-state index contributed by atoms with van der Waals surface area (Å²) in [6.45, 7) is 11.7. The van der Waals surface area contributed by atoms with E-state index in [4.69, 9.17) is 4.99 Å². The van der Waals surface area contributed by atoms with Crippen LogP contribution < -0.4 is 0 Å². The summed E-state index contributed by atoms with van der Waals surface area (Å²) in [7, 11) is 0. The zero-order valence-electron chi connectivity index (χ0n) is 15.2. The number of benzene rings is 1. The number of nitrogens with zero attached hydrogens (tertiary/aromatic N) is 2. The summed E-state index contributed by atoms with van der Waals surface area (Å²) in [5.41, 5.74) is 5.12. The highest BCUT2D eigenvalue weighted by Gasteiger charge is 2.30. The van der Waals surface area contributed by atoms with Gasteiger partial charge in [-0.15, -0.1) is 0 Å². The SMILES string of the molecule is CC/C=C1\c2c(C)cccc2N=C(SCC)N1B(C)CCCC. The van der Waals surface area contributed by atoms with E-state index >= 15 is 0 Å². The molecule has 4 heteroatoms. The Morgan fingerprint density at radius 1 is 1.26 bits per heavy atom. The number of aryl methyl sites for hydroxylation is 1. The van der Waals surface area contributed by atoms with Crippen LogP contribution in [-0.2, 0) is 0 Å². The fourth-order valence-corrected chi connectivity index (χ4v) is 3.98. The summed E-state index contributed by atoms with van der Waals surface area (Å²) in [4.78, 5) is 7.49. The van der Waals surface area contributed by atoms with Gasteiger partial charge in [0.2, 0.25) is 0 Å². The lowest BCUT2D eigenvalue weighted by Gasteiger charge is -2.37. The Hall–Kier alpha value is -1.16. The molecule has 0 amide bonds. The zero-order valence-corrected chi connectivity index (χ0v) is 16.0. The second-order valence-electron chi connectivity index (χ2n) is 6.16. The zero-order chi connectivity index (χ0) is 16.8. The molecule has 23 heavy (non-hydrogen) atoms. The molecule has 0 fully saturated rings. The molecule has 0 aliphatic carbocycles. The molecule has 0 N–H and O–H groups in total. The van der Waals surface area contributed by atoms with Crippen molar-refractivity contribution in [2.24, 2.45) is 4.99 Å². The van der Waals surface area contributed by atoms with Crippen molar-refractivity contribution in [2.75, 3.05) is 5.75 Å². The van der Waals surface area contributed by atoms with Gasteiger partial charge in [-0.3, -0.25) is 0 Å². The third kappa shape index (κ3) is 4.03. The van der Waals surface area contributed by atoms with E-state index in [1.165, 1.54) is 36.0 Å². The van der Waals surface area contributed by atoms with Crippen molar-refractivity contribution >= 4 is 35.2 Å². The Bertz CT molecular complexity index is 595. The smallest absolute Gasteiger partial charge is 0.259 e. The predicted octanol–water partition coefficient (Wildman–Crippen LogP) is 6.22. The molecule has 0 unspecified atom stereocenters. The molecule has 0 aromatic heterocycles. The summed E-state index contributed by atoms with van der Waals surface area (Å²) < 4.78 is 0. The van der Waals surface area contributed by atoms with E-state index in [0.29, 0.717) is 6.85 Å². The third-order valence-corrected chi connectivity index (χ3v) is 5.11. The second-order valence-corrected chi connectivity index (χ2v) is 7.39. The van der Waals surface area contributed by atoms with E-state index in [1.54, 1.807) is 0 Å². The van der Waals surface area contributed by atoms with Gasteiger partial charge in [-0.05, 0) is 30.7 Å². The number of rotatable bonds is 6. The third-order valence-electron chi connectivity index (χ3n) is 4.28. The van der Waals surface area contributed by atoms with Crippen LogP contribution in [0.15, 0.2) is 29.3 Å². The predicted molar refractivity (Wildman–Crippen MR) is 108 cm³/mol. The Kier molecular flexibility index (Phi) is 6.82. The van der Waals surface area contributed by atoms with Crippen LogP contribution in [0.4, 0.5) is 5.69 Å². The molecule has 0 saturated heterocycles. The van der Waals surface area contributed by atoms with Crippen molar-refractivity contribution in [1.82, 2.24) is 4.81 Å². The molecule has 0 atom stereocenters. The number of amidine groups is 1. The van der Waals surface area contributed by atoms with Crippen molar-refractivity contribution in [1.29, 1.82) is 0 Å². The van der Waals surface area contributed by atoms with E-state index in [1.807, 2.05) is 11.8 Å². The monoisotopic (exact) mass is 328 g/mol. The van der Waals surface area contributed by atoms with E-state index in [9.17, 15) is 0 Å². The van der Waals surface area contributed by atoms with Crippen LogP contribution in [0.25, 0.3) is 5.70 Å². The summed E-state index contributed by atoms with van der Waals surface area (Å²) >= 11 is 1.86. The average Bonchev–Trinajstić information content (AvgIpc) is 2.53. The van der Waals surface area contributed by atoms with Gasteiger partial charge in [0.05, 0.1) is 5.69 Å². The maximum absolute atomic E-state index is 5.00. The Morgan fingerprint density at radius 3 is 2.70 bits per heavy atom. The molecule has 2 rings (SSSR count). The molecule has 0 radical (unpaired) electrons. The van der Waals surface area contributed by atoms with Crippen LogP contribution >= 0.6 is 11.8 Å². The summed E-state index contributed by atoms with van der Waals surface area (Å²) in [5, 5.41) is 1.16. The van der Waals surface area contributed by atoms with Crippen LogP contribution in [0, 0.1) is 6.92 Å². The van der Waals surface area contributed by atoms with Crippen molar-refractivity contribution in [3.63, 3.8) is 0 Å². The van der Waals surface area contributed by atoms with Crippen LogP contribution in [0.1, 0.15) is 51.2 Å². The number of unbranched alkanes of at least 4 members (excludes halogenated alkanes) is 1. The van der Waals surface area contributed by atoms with Gasteiger partial charge in [0.1, 0.15) is 0 Å². The van der Waals surface area contributed by atoms with E-state index < -0.39 is 0 Å². The molecule has 1 aliphatic rings. The highest BCUT2D eigenvalue weighted by Crippen LogP contribution is 2.40. The lowest BCUT2D eigenvalue weighted by atomic mass is 9.58. The van der Waals surface area contributed by atoms with Gasteiger partial charge in [-0.1, -0.05) is 76.7 Å². The van der Waals surface area contributed by atoms with Crippen molar-refractivity contribution in [3.8, 4) is 0 Å². The molecule has 0 bridgehead atoms. The maximum atomic E-state index is 5.00. The molecule has 0 saturated carbocycles. The fourth-order valence-electron chi connectivity index (χ4n) is 3.14. The average molecular weight is 328 g/mol. The first-order valence-electron chi connectivity index (χ1n) is 8.94. The minimum Gasteiger partial charge on any atom is -0.366 e. The Balaban J connectivity index is 2.53.